The van der Waals surface area contributed by atoms with Gasteiger partial charge in [0, 0.05) is 30.8 Å². The lowest BCUT2D eigenvalue weighted by Crippen LogP contribution is -2.40. The van der Waals surface area contributed by atoms with E-state index in [4.69, 9.17) is 10.6 Å². The molecule has 0 spiro atoms. The molecule has 30 heavy (non-hydrogen) atoms. The van der Waals surface area contributed by atoms with Crippen molar-refractivity contribution >= 4 is 27.5 Å². The minimum absolute atomic E-state index is 0.0951. The minimum atomic E-state index is -3.60. The van der Waals surface area contributed by atoms with Crippen LogP contribution in [0.1, 0.15) is 18.4 Å². The van der Waals surface area contributed by atoms with Gasteiger partial charge in [-0.3, -0.25) is 10.1 Å². The number of carbonyl (C=O) groups is 1. The molecule has 0 atom stereocenters. The molecule has 2 aromatic carbocycles. The van der Waals surface area contributed by atoms with Gasteiger partial charge in [-0.1, -0.05) is 23.4 Å². The molecular weight excluding hydrogens is 412 g/mol. The molecule has 11 heteroatoms. The van der Waals surface area contributed by atoms with Crippen LogP contribution in [0.15, 0.2) is 64.6 Å². The van der Waals surface area contributed by atoms with Gasteiger partial charge in [-0.2, -0.15) is 4.31 Å². The van der Waals surface area contributed by atoms with E-state index in [2.05, 4.69) is 5.16 Å². The highest BCUT2D eigenvalue weighted by Gasteiger charge is 2.33. The molecular formula is C19H20N4O6S. The molecule has 1 heterocycles. The van der Waals surface area contributed by atoms with Gasteiger partial charge < -0.3 is 10.6 Å². The number of nitrogens with zero attached hydrogens (tertiary/aromatic N) is 3. The third kappa shape index (κ3) is 4.81. The van der Waals surface area contributed by atoms with Crippen LogP contribution >= 0.6 is 0 Å². The largest absolute Gasteiger partial charge is 0.380 e. The number of sulfonamides is 1. The van der Waals surface area contributed by atoms with Crippen molar-refractivity contribution in [3.8, 4) is 0 Å². The summed E-state index contributed by atoms with van der Waals surface area (Å²) < 4.78 is 26.6. The number of benzene rings is 2. The average Bonchev–Trinajstić information content (AvgIpc) is 2.78. The number of hydrogen-bond donors (Lipinski definition) is 1. The van der Waals surface area contributed by atoms with Crippen LogP contribution in [0, 0.1) is 16.0 Å². The third-order valence-electron chi connectivity index (χ3n) is 4.78. The number of nitro benzene ring substituents is 1. The lowest BCUT2D eigenvalue weighted by molar-refractivity contribution is -0.384. The topological polar surface area (TPSA) is 145 Å². The molecule has 1 fully saturated rings. The van der Waals surface area contributed by atoms with Gasteiger partial charge in [0.05, 0.1) is 15.7 Å². The Kier molecular flexibility index (Phi) is 6.43. The summed E-state index contributed by atoms with van der Waals surface area (Å²) in [7, 11) is -3.60. The second-order valence-electron chi connectivity index (χ2n) is 6.68. The van der Waals surface area contributed by atoms with Crippen LogP contribution in [-0.2, 0) is 19.7 Å². The standard InChI is InChI=1S/C19H20N4O6S/c20-18(14-6-8-16(9-7-14)23(25)26)21-29-19(24)15-10-12-22(13-11-15)30(27,28)17-4-2-1-3-5-17/h1-9,15H,10-13H2,(H2,20,21). The maximum Gasteiger partial charge on any atom is 0.338 e. The summed E-state index contributed by atoms with van der Waals surface area (Å²) in [6, 6.07) is 13.5. The van der Waals surface area contributed by atoms with E-state index >= 15 is 0 Å². The zero-order chi connectivity index (χ0) is 21.7. The molecule has 0 aliphatic carbocycles. The minimum Gasteiger partial charge on any atom is -0.380 e. The lowest BCUT2D eigenvalue weighted by Gasteiger charge is -2.29. The van der Waals surface area contributed by atoms with Crippen molar-refractivity contribution in [2.24, 2.45) is 16.8 Å². The summed E-state index contributed by atoms with van der Waals surface area (Å²) in [5.41, 5.74) is 6.03. The van der Waals surface area contributed by atoms with Crippen molar-refractivity contribution in [3.63, 3.8) is 0 Å². The van der Waals surface area contributed by atoms with Gasteiger partial charge in [-0.15, -0.1) is 0 Å². The summed E-state index contributed by atoms with van der Waals surface area (Å²) in [4.78, 5) is 27.5. The van der Waals surface area contributed by atoms with Crippen LogP contribution in [0.5, 0.6) is 0 Å². The predicted molar refractivity (Wildman–Crippen MR) is 108 cm³/mol. The number of hydrogen-bond acceptors (Lipinski definition) is 7. The van der Waals surface area contributed by atoms with Crippen molar-refractivity contribution < 1.29 is 23.0 Å². The van der Waals surface area contributed by atoms with Gasteiger partial charge in [0.25, 0.3) is 5.69 Å². The van der Waals surface area contributed by atoms with Crippen LogP contribution in [-0.4, -0.2) is 42.5 Å². The fourth-order valence-corrected chi connectivity index (χ4v) is 4.54. The molecule has 0 unspecified atom stereocenters. The monoisotopic (exact) mass is 432 g/mol. The van der Waals surface area contributed by atoms with E-state index in [1.807, 2.05) is 0 Å². The van der Waals surface area contributed by atoms with Crippen molar-refractivity contribution in [1.29, 1.82) is 0 Å². The molecule has 2 aromatic rings. The van der Waals surface area contributed by atoms with Crippen molar-refractivity contribution in [1.82, 2.24) is 4.31 Å². The Bertz CT molecular complexity index is 1050. The summed E-state index contributed by atoms with van der Waals surface area (Å²) >= 11 is 0. The summed E-state index contributed by atoms with van der Waals surface area (Å²) in [5, 5.41) is 14.3. The number of rotatable bonds is 6. The van der Waals surface area contributed by atoms with Gasteiger partial charge in [-0.05, 0) is 37.1 Å². The average molecular weight is 432 g/mol. The van der Waals surface area contributed by atoms with E-state index < -0.39 is 26.8 Å². The molecule has 1 saturated heterocycles. The first-order valence-electron chi connectivity index (χ1n) is 9.13. The van der Waals surface area contributed by atoms with Crippen LogP contribution in [0.3, 0.4) is 0 Å². The number of amidine groups is 1. The molecule has 2 N–H and O–H groups in total. The van der Waals surface area contributed by atoms with E-state index in [9.17, 15) is 23.3 Å². The Hall–Kier alpha value is -3.31. The van der Waals surface area contributed by atoms with Crippen LogP contribution < -0.4 is 5.73 Å². The summed E-state index contributed by atoms with van der Waals surface area (Å²) in [5.74, 6) is -1.19. The van der Waals surface area contributed by atoms with Gasteiger partial charge >= 0.3 is 5.97 Å². The van der Waals surface area contributed by atoms with Gasteiger partial charge in [0.15, 0.2) is 5.84 Å². The second-order valence-corrected chi connectivity index (χ2v) is 8.62. The molecule has 0 aromatic heterocycles. The first kappa shape index (κ1) is 21.4. The number of non-ortho nitro benzene ring substituents is 1. The highest BCUT2D eigenvalue weighted by atomic mass is 32.2. The SMILES string of the molecule is N/C(=N\OC(=O)C1CCN(S(=O)(=O)c2ccccc2)CC1)c1ccc([N+](=O)[O-])cc1. The molecule has 0 radical (unpaired) electrons. The van der Waals surface area contributed by atoms with Crippen molar-refractivity contribution in [3.05, 3.63) is 70.3 Å². The molecule has 0 amide bonds. The van der Waals surface area contributed by atoms with Crippen LogP contribution in [0.25, 0.3) is 0 Å². The maximum atomic E-state index is 12.6. The van der Waals surface area contributed by atoms with Crippen molar-refractivity contribution in [2.75, 3.05) is 13.1 Å². The normalized spacial score (nSPS) is 16.2. The summed E-state index contributed by atoms with van der Waals surface area (Å²) in [6.45, 7) is 0.386. The maximum absolute atomic E-state index is 12.6. The molecule has 0 saturated carbocycles. The van der Waals surface area contributed by atoms with E-state index in [0.717, 1.165) is 0 Å². The fraction of sp³-hybridized carbons (Fsp3) is 0.263. The van der Waals surface area contributed by atoms with Crippen molar-refractivity contribution in [2.45, 2.75) is 17.7 Å². The van der Waals surface area contributed by atoms with E-state index in [0.29, 0.717) is 18.4 Å². The molecule has 1 aliphatic heterocycles. The Labute approximate surface area is 173 Å². The predicted octanol–water partition coefficient (Wildman–Crippen LogP) is 1.86. The molecule has 1 aliphatic rings. The van der Waals surface area contributed by atoms with Gasteiger partial charge in [0.2, 0.25) is 10.0 Å². The van der Waals surface area contributed by atoms with E-state index in [1.165, 1.54) is 40.7 Å². The van der Waals surface area contributed by atoms with E-state index in [1.54, 1.807) is 18.2 Å². The lowest BCUT2D eigenvalue weighted by atomic mass is 9.99. The number of oxime groups is 1. The molecule has 3 rings (SSSR count). The first-order valence-corrected chi connectivity index (χ1v) is 10.6. The zero-order valence-corrected chi connectivity index (χ0v) is 16.7. The number of nitrogens with two attached hydrogens (primary N) is 1. The number of piperidine rings is 1. The molecule has 158 valence electrons. The smallest absolute Gasteiger partial charge is 0.338 e. The van der Waals surface area contributed by atoms with Gasteiger partial charge in [0.1, 0.15) is 0 Å². The quantitative estimate of drug-likeness (QED) is 0.241. The summed E-state index contributed by atoms with van der Waals surface area (Å²) in [6.07, 6.45) is 0.607. The molecule has 0 bridgehead atoms. The number of nitro groups is 1. The Morgan fingerprint density at radius 2 is 1.70 bits per heavy atom. The zero-order valence-electron chi connectivity index (χ0n) is 15.9. The number of carbonyl (C=O) groups excluding carboxylic acids is 1. The Morgan fingerprint density at radius 3 is 2.27 bits per heavy atom. The Morgan fingerprint density at radius 1 is 1.10 bits per heavy atom. The molecule has 10 nitrogen and oxygen atoms in total. The second kappa shape index (κ2) is 9.01. The van der Waals surface area contributed by atoms with Crippen LogP contribution in [0.4, 0.5) is 5.69 Å². The first-order chi connectivity index (χ1) is 14.3. The van der Waals surface area contributed by atoms with E-state index in [-0.39, 0.29) is 29.5 Å². The van der Waals surface area contributed by atoms with Crippen LogP contribution in [0.2, 0.25) is 0 Å². The Balaban J connectivity index is 1.56. The highest BCUT2D eigenvalue weighted by molar-refractivity contribution is 7.89. The van der Waals surface area contributed by atoms with Gasteiger partial charge in [-0.25, -0.2) is 13.2 Å². The fourth-order valence-electron chi connectivity index (χ4n) is 3.05. The highest BCUT2D eigenvalue weighted by Crippen LogP contribution is 2.24. The third-order valence-corrected chi connectivity index (χ3v) is 6.69.